The van der Waals surface area contributed by atoms with Crippen LogP contribution < -0.4 is 0 Å². The molecule has 4 aliphatic carbocycles. The second kappa shape index (κ2) is 4.39. The van der Waals surface area contributed by atoms with E-state index in [1.165, 1.54) is 0 Å². The highest BCUT2D eigenvalue weighted by Gasteiger charge is 2.60. The van der Waals surface area contributed by atoms with E-state index in [-0.39, 0.29) is 29.6 Å². The molecule has 4 aliphatic rings. The Kier molecular flexibility index (Phi) is 2.91. The number of carbonyl (C=O) groups excluding carboxylic acids is 1. The van der Waals surface area contributed by atoms with Gasteiger partial charge in [-0.3, -0.25) is 4.79 Å². The van der Waals surface area contributed by atoms with Gasteiger partial charge in [-0.05, 0) is 67.8 Å². The van der Waals surface area contributed by atoms with Gasteiger partial charge in [0.25, 0.3) is 5.92 Å². The van der Waals surface area contributed by atoms with Gasteiger partial charge in [-0.2, -0.15) is 0 Å². The lowest BCUT2D eigenvalue weighted by atomic mass is 9.51. The number of rotatable bonds is 0. The monoisotopic (exact) mass is 294 g/mol. The fourth-order valence-electron chi connectivity index (χ4n) is 6.06. The third-order valence-corrected chi connectivity index (χ3v) is 7.12. The zero-order valence-corrected chi connectivity index (χ0v) is 12.7. The number of alkyl halides is 2. The van der Waals surface area contributed by atoms with Gasteiger partial charge in [0.15, 0.2) is 0 Å². The highest BCUT2D eigenvalue weighted by atomic mass is 19.3. The smallest absolute Gasteiger partial charge is 0.269 e. The number of fused-ring (bicyclic) bond motifs is 5. The molecule has 3 heteroatoms. The summed E-state index contributed by atoms with van der Waals surface area (Å²) in [5.74, 6) is -1.54. The molecular weight excluding hydrogens is 270 g/mol. The number of ketones is 1. The zero-order chi connectivity index (χ0) is 14.8. The molecular formula is C18H24F2O. The molecule has 3 fully saturated rings. The Labute approximate surface area is 125 Å². The first-order valence-corrected chi connectivity index (χ1v) is 8.55. The molecule has 1 nitrogen and oxygen atoms in total. The van der Waals surface area contributed by atoms with Crippen LogP contribution in [-0.2, 0) is 4.79 Å². The zero-order valence-electron chi connectivity index (χ0n) is 12.7. The number of allylic oxidation sites excluding steroid dienone is 2. The summed E-state index contributed by atoms with van der Waals surface area (Å²) in [6.07, 6.45) is 7.98. The fourth-order valence-corrected chi connectivity index (χ4v) is 6.06. The Bertz CT molecular complexity index is 509. The van der Waals surface area contributed by atoms with Gasteiger partial charge in [-0.1, -0.05) is 13.0 Å². The van der Waals surface area contributed by atoms with Crippen molar-refractivity contribution in [2.75, 3.05) is 0 Å². The quantitative estimate of drug-likeness (QED) is 0.588. The highest BCUT2D eigenvalue weighted by molar-refractivity contribution is 5.87. The molecule has 5 atom stereocenters. The number of Topliss-reactive ketones (excluding diaryl/α,β-unsaturated/α-hetero) is 1. The van der Waals surface area contributed by atoms with Crippen molar-refractivity contribution < 1.29 is 13.6 Å². The summed E-state index contributed by atoms with van der Waals surface area (Å²) in [5.41, 5.74) is 0.149. The molecule has 0 aliphatic heterocycles. The van der Waals surface area contributed by atoms with Crippen molar-refractivity contribution in [1.29, 1.82) is 0 Å². The molecule has 0 aromatic rings. The van der Waals surface area contributed by atoms with Gasteiger partial charge in [0, 0.05) is 18.3 Å². The molecule has 0 aromatic heterocycles. The molecule has 0 heterocycles. The van der Waals surface area contributed by atoms with Crippen molar-refractivity contribution in [2.45, 2.75) is 64.2 Å². The van der Waals surface area contributed by atoms with Crippen LogP contribution in [0.5, 0.6) is 0 Å². The molecule has 0 aromatic carbocycles. The number of hydrogen-bond donors (Lipinski definition) is 0. The summed E-state index contributed by atoms with van der Waals surface area (Å²) in [4.78, 5) is 12.2. The SMILES string of the molecule is C[C@]12CC[C@H]3[C@@H](CC(F)(F)C4=CCCC[C@@H]43)[C@@H]1CCC2=O. The van der Waals surface area contributed by atoms with E-state index >= 15 is 0 Å². The predicted molar refractivity (Wildman–Crippen MR) is 77.0 cm³/mol. The van der Waals surface area contributed by atoms with Gasteiger partial charge in [0.1, 0.15) is 5.78 Å². The summed E-state index contributed by atoms with van der Waals surface area (Å²) in [5, 5.41) is 0. The van der Waals surface area contributed by atoms with E-state index in [9.17, 15) is 13.6 Å². The minimum atomic E-state index is -2.63. The molecule has 4 rings (SSSR count). The lowest BCUT2D eigenvalue weighted by Gasteiger charge is -2.53. The maximum Gasteiger partial charge on any atom is 0.269 e. The van der Waals surface area contributed by atoms with Gasteiger partial charge >= 0.3 is 0 Å². The minimum Gasteiger partial charge on any atom is -0.299 e. The van der Waals surface area contributed by atoms with Crippen molar-refractivity contribution in [2.24, 2.45) is 29.1 Å². The Morgan fingerprint density at radius 1 is 1.19 bits per heavy atom. The van der Waals surface area contributed by atoms with Gasteiger partial charge in [0.05, 0.1) is 0 Å². The normalized spacial score (nSPS) is 48.1. The first kappa shape index (κ1) is 13.9. The molecule has 21 heavy (non-hydrogen) atoms. The molecule has 0 unspecified atom stereocenters. The maximum absolute atomic E-state index is 14.6. The molecule has 0 saturated heterocycles. The molecule has 116 valence electrons. The van der Waals surface area contributed by atoms with E-state index in [1.54, 1.807) is 0 Å². The van der Waals surface area contributed by atoms with E-state index in [0.717, 1.165) is 38.5 Å². The van der Waals surface area contributed by atoms with E-state index in [4.69, 9.17) is 0 Å². The van der Waals surface area contributed by atoms with E-state index < -0.39 is 5.92 Å². The van der Waals surface area contributed by atoms with Crippen LogP contribution in [0, 0.1) is 29.1 Å². The lowest BCUT2D eigenvalue weighted by Crippen LogP contribution is -2.51. The third-order valence-electron chi connectivity index (χ3n) is 7.12. The van der Waals surface area contributed by atoms with E-state index in [2.05, 4.69) is 0 Å². The predicted octanol–water partition coefficient (Wildman–Crippen LogP) is 4.76. The molecule has 0 amide bonds. The van der Waals surface area contributed by atoms with Crippen molar-refractivity contribution in [3.05, 3.63) is 11.6 Å². The summed E-state index contributed by atoms with van der Waals surface area (Å²) in [6, 6.07) is 0. The molecule has 0 N–H and O–H groups in total. The Hall–Kier alpha value is -0.730. The largest absolute Gasteiger partial charge is 0.299 e. The number of hydrogen-bond acceptors (Lipinski definition) is 1. The van der Waals surface area contributed by atoms with Crippen LogP contribution in [-0.4, -0.2) is 11.7 Å². The summed E-state index contributed by atoms with van der Waals surface area (Å²) >= 11 is 0. The van der Waals surface area contributed by atoms with Crippen LogP contribution in [0.15, 0.2) is 11.6 Å². The molecule has 0 bridgehead atoms. The van der Waals surface area contributed by atoms with Crippen molar-refractivity contribution >= 4 is 5.78 Å². The summed E-state index contributed by atoms with van der Waals surface area (Å²) in [7, 11) is 0. The third kappa shape index (κ3) is 1.82. The summed E-state index contributed by atoms with van der Waals surface area (Å²) in [6.45, 7) is 2.05. The standard InChI is InChI=1S/C18H24F2O/c1-17-9-8-11-12-4-2-3-5-15(12)18(19,20)10-13(11)14(17)6-7-16(17)21/h5,11-14H,2-4,6-10H2,1H3/t11-,12-,13-,14+,17+/m1/s1. The van der Waals surface area contributed by atoms with E-state index in [0.29, 0.717) is 23.7 Å². The van der Waals surface area contributed by atoms with Crippen LogP contribution in [0.1, 0.15) is 58.3 Å². The van der Waals surface area contributed by atoms with Gasteiger partial charge in [-0.25, -0.2) is 8.78 Å². The van der Waals surface area contributed by atoms with Crippen LogP contribution in [0.3, 0.4) is 0 Å². The Morgan fingerprint density at radius 2 is 2.00 bits per heavy atom. The maximum atomic E-state index is 14.6. The number of carbonyl (C=O) groups is 1. The summed E-state index contributed by atoms with van der Waals surface area (Å²) < 4.78 is 29.3. The first-order chi connectivity index (χ1) is 9.93. The molecule has 0 radical (unpaired) electrons. The molecule has 0 spiro atoms. The Morgan fingerprint density at radius 3 is 2.81 bits per heavy atom. The van der Waals surface area contributed by atoms with Gasteiger partial charge in [0.2, 0.25) is 0 Å². The first-order valence-electron chi connectivity index (χ1n) is 8.55. The van der Waals surface area contributed by atoms with Crippen LogP contribution >= 0.6 is 0 Å². The average Bonchev–Trinajstić information content (AvgIpc) is 2.75. The highest BCUT2D eigenvalue weighted by Crippen LogP contribution is 2.63. The number of halogens is 2. The Balaban J connectivity index is 1.72. The van der Waals surface area contributed by atoms with Crippen molar-refractivity contribution in [1.82, 2.24) is 0 Å². The second-order valence-corrected chi connectivity index (χ2v) is 7.96. The van der Waals surface area contributed by atoms with Crippen LogP contribution in [0.2, 0.25) is 0 Å². The lowest BCUT2D eigenvalue weighted by molar-refractivity contribution is -0.136. The van der Waals surface area contributed by atoms with Crippen molar-refractivity contribution in [3.63, 3.8) is 0 Å². The van der Waals surface area contributed by atoms with Crippen LogP contribution in [0.4, 0.5) is 8.78 Å². The fraction of sp³-hybridized carbons (Fsp3) is 0.833. The molecule has 3 saturated carbocycles. The minimum absolute atomic E-state index is 0.00641. The second-order valence-electron chi connectivity index (χ2n) is 7.96. The topological polar surface area (TPSA) is 17.1 Å². The van der Waals surface area contributed by atoms with Crippen molar-refractivity contribution in [3.8, 4) is 0 Å². The van der Waals surface area contributed by atoms with Gasteiger partial charge in [-0.15, -0.1) is 0 Å². The van der Waals surface area contributed by atoms with E-state index in [1.807, 2.05) is 13.0 Å². The van der Waals surface area contributed by atoms with Crippen LogP contribution in [0.25, 0.3) is 0 Å². The van der Waals surface area contributed by atoms with Gasteiger partial charge < -0.3 is 0 Å². The average molecular weight is 294 g/mol.